The SMILES string of the molecule is N#Cc1ccccc1N1CCCNCC1CC(=O)O. The standard InChI is InChI=1S/C14H17N3O2/c15-9-11-4-1-2-5-13(11)17-7-3-6-16-10-12(17)8-14(18)19/h1-2,4-5,12,16H,3,6-8,10H2,(H,18,19). The molecule has 2 rings (SSSR count). The van der Waals surface area contributed by atoms with E-state index in [9.17, 15) is 10.1 Å². The second-order valence-corrected chi connectivity index (χ2v) is 4.63. The van der Waals surface area contributed by atoms with Crippen LogP contribution in [0.5, 0.6) is 0 Å². The summed E-state index contributed by atoms with van der Waals surface area (Å²) in [6, 6.07) is 9.42. The van der Waals surface area contributed by atoms with Crippen LogP contribution in [0.2, 0.25) is 0 Å². The Balaban J connectivity index is 2.31. The van der Waals surface area contributed by atoms with E-state index >= 15 is 0 Å². The summed E-state index contributed by atoms with van der Waals surface area (Å²) in [6.45, 7) is 2.27. The van der Waals surface area contributed by atoms with E-state index < -0.39 is 5.97 Å². The summed E-state index contributed by atoms with van der Waals surface area (Å²) >= 11 is 0. The Kier molecular flexibility index (Phi) is 4.37. The highest BCUT2D eigenvalue weighted by Crippen LogP contribution is 2.24. The zero-order chi connectivity index (χ0) is 13.7. The third-order valence-electron chi connectivity index (χ3n) is 3.32. The lowest BCUT2D eigenvalue weighted by molar-refractivity contribution is -0.137. The zero-order valence-electron chi connectivity index (χ0n) is 10.7. The van der Waals surface area contributed by atoms with E-state index in [1.807, 2.05) is 23.1 Å². The van der Waals surface area contributed by atoms with E-state index in [-0.39, 0.29) is 12.5 Å². The first kappa shape index (κ1) is 13.4. The van der Waals surface area contributed by atoms with E-state index in [0.29, 0.717) is 12.1 Å². The molecule has 1 atom stereocenters. The van der Waals surface area contributed by atoms with Gasteiger partial charge >= 0.3 is 5.97 Å². The van der Waals surface area contributed by atoms with Gasteiger partial charge in [0.05, 0.1) is 23.7 Å². The molecule has 19 heavy (non-hydrogen) atoms. The Morgan fingerprint density at radius 1 is 1.53 bits per heavy atom. The molecule has 0 radical (unpaired) electrons. The van der Waals surface area contributed by atoms with Gasteiger partial charge in [0.1, 0.15) is 6.07 Å². The average molecular weight is 259 g/mol. The second-order valence-electron chi connectivity index (χ2n) is 4.63. The Labute approximate surface area is 112 Å². The second kappa shape index (κ2) is 6.21. The summed E-state index contributed by atoms with van der Waals surface area (Å²) in [7, 11) is 0. The molecule has 5 nitrogen and oxygen atoms in total. The number of hydrogen-bond acceptors (Lipinski definition) is 4. The minimum absolute atomic E-state index is 0.0762. The number of nitrogens with one attached hydrogen (secondary N) is 1. The lowest BCUT2D eigenvalue weighted by Gasteiger charge is -2.31. The summed E-state index contributed by atoms with van der Waals surface area (Å²) in [5, 5.41) is 21.5. The van der Waals surface area contributed by atoms with Crippen LogP contribution in [0, 0.1) is 11.3 Å². The highest BCUT2D eigenvalue weighted by molar-refractivity contribution is 5.69. The minimum atomic E-state index is -0.812. The average Bonchev–Trinajstić information content (AvgIpc) is 2.63. The number of nitriles is 1. The van der Waals surface area contributed by atoms with Crippen molar-refractivity contribution >= 4 is 11.7 Å². The first-order chi connectivity index (χ1) is 9.22. The summed E-state index contributed by atoms with van der Waals surface area (Å²) in [6.07, 6.45) is 1.02. The quantitative estimate of drug-likeness (QED) is 0.853. The van der Waals surface area contributed by atoms with Crippen LogP contribution in [0.4, 0.5) is 5.69 Å². The van der Waals surface area contributed by atoms with Crippen molar-refractivity contribution in [2.75, 3.05) is 24.5 Å². The number of carbonyl (C=O) groups is 1. The molecule has 1 unspecified atom stereocenters. The van der Waals surface area contributed by atoms with Crippen LogP contribution in [0.1, 0.15) is 18.4 Å². The van der Waals surface area contributed by atoms with Gasteiger partial charge in [0.2, 0.25) is 0 Å². The van der Waals surface area contributed by atoms with Crippen molar-refractivity contribution in [3.05, 3.63) is 29.8 Å². The lowest BCUT2D eigenvalue weighted by Crippen LogP contribution is -2.41. The van der Waals surface area contributed by atoms with Crippen LogP contribution < -0.4 is 10.2 Å². The number of anilines is 1. The summed E-state index contributed by atoms with van der Waals surface area (Å²) in [5.41, 5.74) is 1.43. The van der Waals surface area contributed by atoms with E-state index in [2.05, 4.69) is 11.4 Å². The van der Waals surface area contributed by atoms with Crippen LogP contribution >= 0.6 is 0 Å². The fourth-order valence-electron chi connectivity index (χ4n) is 2.46. The van der Waals surface area contributed by atoms with E-state index in [1.165, 1.54) is 0 Å². The molecule has 1 heterocycles. The third-order valence-corrected chi connectivity index (χ3v) is 3.32. The van der Waals surface area contributed by atoms with Gasteiger partial charge < -0.3 is 15.3 Å². The number of nitrogens with zero attached hydrogens (tertiary/aromatic N) is 2. The smallest absolute Gasteiger partial charge is 0.305 e. The van der Waals surface area contributed by atoms with Crippen LogP contribution in [-0.2, 0) is 4.79 Å². The molecule has 0 saturated carbocycles. The molecule has 1 aromatic rings. The first-order valence-corrected chi connectivity index (χ1v) is 6.40. The molecule has 1 aliphatic heterocycles. The summed E-state index contributed by atoms with van der Waals surface area (Å²) in [4.78, 5) is 13.0. The van der Waals surface area contributed by atoms with E-state index in [4.69, 9.17) is 5.11 Å². The molecule has 2 N–H and O–H groups in total. The molecule has 0 aromatic heterocycles. The number of carboxylic acid groups (broad SMARTS) is 1. The van der Waals surface area contributed by atoms with Gasteiger partial charge in [-0.3, -0.25) is 4.79 Å². The number of rotatable bonds is 3. The van der Waals surface area contributed by atoms with Gasteiger partial charge in [-0.1, -0.05) is 12.1 Å². The molecule has 0 bridgehead atoms. The van der Waals surface area contributed by atoms with Crippen molar-refractivity contribution in [1.82, 2.24) is 5.32 Å². The highest BCUT2D eigenvalue weighted by Gasteiger charge is 2.24. The first-order valence-electron chi connectivity index (χ1n) is 6.40. The van der Waals surface area contributed by atoms with Crippen LogP contribution in [0.15, 0.2) is 24.3 Å². The molecule has 5 heteroatoms. The Hall–Kier alpha value is -2.06. The maximum atomic E-state index is 11.0. The van der Waals surface area contributed by atoms with Gasteiger partial charge in [-0.05, 0) is 25.1 Å². The molecule has 1 saturated heterocycles. The molecule has 1 fully saturated rings. The predicted molar refractivity (Wildman–Crippen MR) is 72.0 cm³/mol. The topological polar surface area (TPSA) is 76.4 Å². The molecule has 100 valence electrons. The zero-order valence-corrected chi connectivity index (χ0v) is 10.7. The predicted octanol–water partition coefficient (Wildman–Crippen LogP) is 1.20. The monoisotopic (exact) mass is 259 g/mol. The van der Waals surface area contributed by atoms with Gasteiger partial charge in [0.15, 0.2) is 0 Å². The van der Waals surface area contributed by atoms with E-state index in [1.54, 1.807) is 6.07 Å². The largest absolute Gasteiger partial charge is 0.481 e. The number of hydrogen-bond donors (Lipinski definition) is 2. The van der Waals surface area contributed by atoms with Crippen molar-refractivity contribution in [2.24, 2.45) is 0 Å². The Bertz CT molecular complexity index is 496. The van der Waals surface area contributed by atoms with Gasteiger partial charge in [-0.25, -0.2) is 0 Å². The van der Waals surface area contributed by atoms with Crippen LogP contribution in [0.25, 0.3) is 0 Å². The van der Waals surface area contributed by atoms with Crippen LogP contribution in [0.3, 0.4) is 0 Å². The maximum Gasteiger partial charge on any atom is 0.305 e. The van der Waals surface area contributed by atoms with Gasteiger partial charge in [0.25, 0.3) is 0 Å². The summed E-state index contributed by atoms with van der Waals surface area (Å²) < 4.78 is 0. The maximum absolute atomic E-state index is 11.0. The molecular formula is C14H17N3O2. The van der Waals surface area contributed by atoms with Crippen molar-refractivity contribution in [3.63, 3.8) is 0 Å². The lowest BCUT2D eigenvalue weighted by atomic mass is 10.1. The number of para-hydroxylation sites is 1. The highest BCUT2D eigenvalue weighted by atomic mass is 16.4. The molecule has 0 amide bonds. The normalized spacial score (nSPS) is 19.5. The molecule has 0 aliphatic carbocycles. The van der Waals surface area contributed by atoms with Crippen LogP contribution in [-0.4, -0.2) is 36.8 Å². The van der Waals surface area contributed by atoms with Gasteiger partial charge in [-0.2, -0.15) is 5.26 Å². The number of benzene rings is 1. The molecule has 1 aromatic carbocycles. The minimum Gasteiger partial charge on any atom is -0.481 e. The molecular weight excluding hydrogens is 242 g/mol. The van der Waals surface area contributed by atoms with Crippen molar-refractivity contribution in [3.8, 4) is 6.07 Å². The fraction of sp³-hybridized carbons (Fsp3) is 0.429. The van der Waals surface area contributed by atoms with Gasteiger partial charge in [0, 0.05) is 13.1 Å². The molecule has 0 spiro atoms. The Morgan fingerprint density at radius 2 is 2.32 bits per heavy atom. The molecule has 1 aliphatic rings. The van der Waals surface area contributed by atoms with Crippen molar-refractivity contribution in [2.45, 2.75) is 18.9 Å². The fourth-order valence-corrected chi connectivity index (χ4v) is 2.46. The Morgan fingerprint density at radius 3 is 3.05 bits per heavy atom. The summed E-state index contributed by atoms with van der Waals surface area (Å²) in [5.74, 6) is -0.812. The van der Waals surface area contributed by atoms with E-state index in [0.717, 1.165) is 25.2 Å². The number of aliphatic carboxylic acids is 1. The van der Waals surface area contributed by atoms with Crippen molar-refractivity contribution < 1.29 is 9.90 Å². The number of carboxylic acids is 1. The van der Waals surface area contributed by atoms with Gasteiger partial charge in [-0.15, -0.1) is 0 Å². The van der Waals surface area contributed by atoms with Crippen molar-refractivity contribution in [1.29, 1.82) is 5.26 Å². The third kappa shape index (κ3) is 3.24.